The minimum Gasteiger partial charge on any atom is -0.287 e. The van der Waals surface area contributed by atoms with Gasteiger partial charge in [0.2, 0.25) is 5.78 Å². The summed E-state index contributed by atoms with van der Waals surface area (Å²) in [5, 5.41) is 1.16. The largest absolute Gasteiger partial charge is 0.287 e. The monoisotopic (exact) mass is 299 g/mol. The van der Waals surface area contributed by atoms with Crippen molar-refractivity contribution in [3.63, 3.8) is 0 Å². The van der Waals surface area contributed by atoms with Gasteiger partial charge in [0.15, 0.2) is 5.01 Å². The molecule has 0 aliphatic heterocycles. The third-order valence-electron chi connectivity index (χ3n) is 2.78. The second-order valence-electron chi connectivity index (χ2n) is 4.24. The Kier molecular flexibility index (Phi) is 3.63. The number of nitrogens with zero attached hydrogens (tertiary/aromatic N) is 1. The molecule has 2 aromatic carbocycles. The number of ketones is 1. The SMILES string of the molecule is O=C(/C=C/c1cccc(Cl)c1)c1nc2ccccc2s1. The molecular weight excluding hydrogens is 290 g/mol. The van der Waals surface area contributed by atoms with Gasteiger partial charge in [-0.15, -0.1) is 11.3 Å². The topological polar surface area (TPSA) is 30.0 Å². The van der Waals surface area contributed by atoms with Crippen LogP contribution in [-0.2, 0) is 0 Å². The lowest BCUT2D eigenvalue weighted by molar-refractivity contribution is 0.104. The van der Waals surface area contributed by atoms with Crippen LogP contribution in [0.2, 0.25) is 5.02 Å². The zero-order chi connectivity index (χ0) is 13.9. The molecule has 0 fully saturated rings. The van der Waals surface area contributed by atoms with E-state index in [4.69, 9.17) is 11.6 Å². The molecule has 1 heterocycles. The fraction of sp³-hybridized carbons (Fsp3) is 0. The Balaban J connectivity index is 1.85. The van der Waals surface area contributed by atoms with Crippen LogP contribution in [0.1, 0.15) is 15.4 Å². The van der Waals surface area contributed by atoms with Crippen LogP contribution in [0.3, 0.4) is 0 Å². The van der Waals surface area contributed by atoms with Crippen LogP contribution in [0.15, 0.2) is 54.6 Å². The van der Waals surface area contributed by atoms with Gasteiger partial charge in [0.1, 0.15) is 0 Å². The average Bonchev–Trinajstić information content (AvgIpc) is 2.89. The van der Waals surface area contributed by atoms with Crippen molar-refractivity contribution < 1.29 is 4.79 Å². The number of aromatic nitrogens is 1. The van der Waals surface area contributed by atoms with Crippen molar-refractivity contribution in [3.05, 3.63) is 70.2 Å². The summed E-state index contributed by atoms with van der Waals surface area (Å²) in [7, 11) is 0. The van der Waals surface area contributed by atoms with Gasteiger partial charge in [-0.1, -0.05) is 41.9 Å². The zero-order valence-corrected chi connectivity index (χ0v) is 12.0. The average molecular weight is 300 g/mol. The molecule has 0 spiro atoms. The highest BCUT2D eigenvalue weighted by Gasteiger charge is 2.08. The number of rotatable bonds is 3. The summed E-state index contributed by atoms with van der Waals surface area (Å²) in [6, 6.07) is 15.1. The van der Waals surface area contributed by atoms with E-state index in [1.165, 1.54) is 17.4 Å². The molecule has 1 aromatic heterocycles. The maximum Gasteiger partial charge on any atom is 0.214 e. The van der Waals surface area contributed by atoms with E-state index in [9.17, 15) is 4.79 Å². The van der Waals surface area contributed by atoms with Crippen LogP contribution < -0.4 is 0 Å². The minimum atomic E-state index is -0.0915. The minimum absolute atomic E-state index is 0.0915. The number of carbonyl (C=O) groups is 1. The fourth-order valence-electron chi connectivity index (χ4n) is 1.83. The number of para-hydroxylation sites is 1. The van der Waals surface area contributed by atoms with Crippen LogP contribution in [0.25, 0.3) is 16.3 Å². The lowest BCUT2D eigenvalue weighted by Gasteiger charge is -1.93. The first-order valence-corrected chi connectivity index (χ1v) is 7.25. The molecule has 3 rings (SSSR count). The normalized spacial score (nSPS) is 11.2. The van der Waals surface area contributed by atoms with Crippen molar-refractivity contribution in [3.8, 4) is 0 Å². The number of thiazole rings is 1. The van der Waals surface area contributed by atoms with Crippen LogP contribution in [0, 0.1) is 0 Å². The maximum atomic E-state index is 12.1. The lowest BCUT2D eigenvalue weighted by atomic mass is 10.2. The van der Waals surface area contributed by atoms with Crippen LogP contribution in [0.5, 0.6) is 0 Å². The molecule has 0 atom stereocenters. The molecular formula is C16H10ClNOS. The molecule has 0 saturated heterocycles. The van der Waals surface area contributed by atoms with Crippen LogP contribution in [0.4, 0.5) is 0 Å². The van der Waals surface area contributed by atoms with Gasteiger partial charge in [0.25, 0.3) is 0 Å². The fourth-order valence-corrected chi connectivity index (χ4v) is 2.92. The standard InChI is InChI=1S/C16H10ClNOS/c17-12-5-3-4-11(10-12)8-9-14(19)16-18-13-6-1-2-7-15(13)20-16/h1-10H/b9-8+. The molecule has 2 nitrogen and oxygen atoms in total. The Morgan fingerprint density at radius 1 is 1.15 bits per heavy atom. The number of hydrogen-bond acceptors (Lipinski definition) is 3. The Morgan fingerprint density at radius 3 is 2.80 bits per heavy atom. The second kappa shape index (κ2) is 5.57. The number of allylic oxidation sites excluding steroid dienone is 1. The summed E-state index contributed by atoms with van der Waals surface area (Å²) in [6.07, 6.45) is 3.28. The molecule has 3 aromatic rings. The molecule has 0 amide bonds. The van der Waals surface area contributed by atoms with Crippen molar-refractivity contribution in [2.24, 2.45) is 0 Å². The zero-order valence-electron chi connectivity index (χ0n) is 10.4. The van der Waals surface area contributed by atoms with Gasteiger partial charge < -0.3 is 0 Å². The third-order valence-corrected chi connectivity index (χ3v) is 4.07. The molecule has 0 bridgehead atoms. The molecule has 0 radical (unpaired) electrons. The van der Waals surface area contributed by atoms with E-state index in [1.54, 1.807) is 12.1 Å². The quantitative estimate of drug-likeness (QED) is 0.511. The molecule has 98 valence electrons. The van der Waals surface area contributed by atoms with E-state index in [-0.39, 0.29) is 5.78 Å². The van der Waals surface area contributed by atoms with E-state index in [2.05, 4.69) is 4.98 Å². The smallest absolute Gasteiger partial charge is 0.214 e. The summed E-state index contributed by atoms with van der Waals surface area (Å²) in [5.74, 6) is -0.0915. The van der Waals surface area contributed by atoms with E-state index < -0.39 is 0 Å². The number of benzene rings is 2. The van der Waals surface area contributed by atoms with Gasteiger partial charge in [0, 0.05) is 5.02 Å². The van der Waals surface area contributed by atoms with Crippen molar-refractivity contribution in [2.75, 3.05) is 0 Å². The predicted octanol–water partition coefficient (Wildman–Crippen LogP) is 4.85. The summed E-state index contributed by atoms with van der Waals surface area (Å²) < 4.78 is 1.02. The molecule has 0 saturated carbocycles. The number of hydrogen-bond donors (Lipinski definition) is 0. The van der Waals surface area contributed by atoms with Crippen molar-refractivity contribution in [2.45, 2.75) is 0 Å². The van der Waals surface area contributed by atoms with Crippen molar-refractivity contribution in [1.82, 2.24) is 4.98 Å². The van der Waals surface area contributed by atoms with E-state index >= 15 is 0 Å². The van der Waals surface area contributed by atoms with Gasteiger partial charge in [0.05, 0.1) is 10.2 Å². The number of fused-ring (bicyclic) bond motifs is 1. The van der Waals surface area contributed by atoms with Crippen molar-refractivity contribution in [1.29, 1.82) is 0 Å². The highest BCUT2D eigenvalue weighted by molar-refractivity contribution is 7.20. The summed E-state index contributed by atoms with van der Waals surface area (Å²) >= 11 is 7.31. The van der Waals surface area contributed by atoms with E-state index in [0.717, 1.165) is 15.8 Å². The van der Waals surface area contributed by atoms with E-state index in [1.807, 2.05) is 42.5 Å². The maximum absolute atomic E-state index is 12.1. The molecule has 0 aliphatic rings. The third kappa shape index (κ3) is 2.79. The molecule has 4 heteroatoms. The van der Waals surface area contributed by atoms with Gasteiger partial charge in [-0.3, -0.25) is 4.79 Å². The van der Waals surface area contributed by atoms with E-state index in [0.29, 0.717) is 10.0 Å². The Bertz CT molecular complexity index is 774. The molecule has 0 N–H and O–H groups in total. The number of halogens is 1. The first-order chi connectivity index (χ1) is 9.72. The van der Waals surface area contributed by atoms with Crippen molar-refractivity contribution >= 4 is 45.0 Å². The van der Waals surface area contributed by atoms with Gasteiger partial charge >= 0.3 is 0 Å². The predicted molar refractivity (Wildman–Crippen MR) is 84.4 cm³/mol. The summed E-state index contributed by atoms with van der Waals surface area (Å²) in [4.78, 5) is 16.4. The van der Waals surface area contributed by atoms with Crippen LogP contribution >= 0.6 is 22.9 Å². The summed E-state index contributed by atoms with van der Waals surface area (Å²) in [6.45, 7) is 0. The van der Waals surface area contributed by atoms with Crippen LogP contribution in [-0.4, -0.2) is 10.8 Å². The highest BCUT2D eigenvalue weighted by atomic mass is 35.5. The Hall–Kier alpha value is -1.97. The van der Waals surface area contributed by atoms with Gasteiger partial charge in [-0.05, 0) is 35.9 Å². The lowest BCUT2D eigenvalue weighted by Crippen LogP contribution is -1.92. The Labute approximate surface area is 125 Å². The first kappa shape index (κ1) is 13.0. The first-order valence-electron chi connectivity index (χ1n) is 6.06. The second-order valence-corrected chi connectivity index (χ2v) is 5.71. The van der Waals surface area contributed by atoms with Gasteiger partial charge in [-0.25, -0.2) is 4.98 Å². The number of carbonyl (C=O) groups excluding carboxylic acids is 1. The Morgan fingerprint density at radius 2 is 2.00 bits per heavy atom. The summed E-state index contributed by atoms with van der Waals surface area (Å²) in [5.41, 5.74) is 1.75. The highest BCUT2D eigenvalue weighted by Crippen LogP contribution is 2.22. The molecule has 0 aliphatic carbocycles. The van der Waals surface area contributed by atoms with Gasteiger partial charge in [-0.2, -0.15) is 0 Å². The molecule has 0 unspecified atom stereocenters. The molecule has 20 heavy (non-hydrogen) atoms.